The molecule has 0 atom stereocenters. The fourth-order valence-corrected chi connectivity index (χ4v) is 0. The Bertz CT molecular complexity index is 4.53. The van der Waals surface area contributed by atoms with E-state index in [0.29, 0.717) is 0 Å². The van der Waals surface area contributed by atoms with Crippen LogP contribution in [0.3, 0.4) is 0 Å². The second-order valence-corrected chi connectivity index (χ2v) is 0. The molecule has 0 aromatic rings. The van der Waals surface area contributed by atoms with Gasteiger partial charge in [-0.2, -0.15) is 0 Å². The molecule has 0 amide bonds. The van der Waals surface area contributed by atoms with Crippen LogP contribution in [-0.2, 0) is 0 Å². The predicted octanol–water partition coefficient (Wildman–Crippen LogP) is 3.72. The first kappa shape index (κ1) is 32.6. The third kappa shape index (κ3) is 503. The maximum absolute atomic E-state index is 2.00. The van der Waals surface area contributed by atoms with Gasteiger partial charge in [0.1, 0.15) is 0 Å². The van der Waals surface area contributed by atoms with Crippen molar-refractivity contribution in [2.75, 3.05) is 0 Å². The molecular formula is C8H24Pb. The van der Waals surface area contributed by atoms with E-state index in [-0.39, 0.29) is 27.3 Å². The SMILES string of the molecule is CC.CC.CC.CC.[Pb]. The van der Waals surface area contributed by atoms with E-state index < -0.39 is 0 Å². The Labute approximate surface area is 82.6 Å². The minimum Gasteiger partial charge on any atom is -0.0683 e. The Balaban J connectivity index is -0.00000000762. The van der Waals surface area contributed by atoms with Crippen LogP contribution in [0.15, 0.2) is 0 Å². The van der Waals surface area contributed by atoms with Gasteiger partial charge in [0.25, 0.3) is 0 Å². The van der Waals surface area contributed by atoms with Crippen molar-refractivity contribution in [3.63, 3.8) is 0 Å². The van der Waals surface area contributed by atoms with E-state index in [0.717, 1.165) is 0 Å². The maximum atomic E-state index is 2.00. The molecule has 0 aliphatic carbocycles. The minimum absolute atomic E-state index is 0. The zero-order valence-electron chi connectivity index (χ0n) is 8.50. The van der Waals surface area contributed by atoms with E-state index in [4.69, 9.17) is 0 Å². The predicted molar refractivity (Wildman–Crippen MR) is 51.1 cm³/mol. The molecule has 0 aliphatic rings. The summed E-state index contributed by atoms with van der Waals surface area (Å²) in [5.74, 6) is 0. The van der Waals surface area contributed by atoms with Crippen LogP contribution in [0.25, 0.3) is 0 Å². The van der Waals surface area contributed by atoms with E-state index >= 15 is 0 Å². The number of hydrogen-bond acceptors (Lipinski definition) is 0. The van der Waals surface area contributed by atoms with Gasteiger partial charge in [0.05, 0.1) is 0 Å². The molecule has 0 spiro atoms. The first-order valence-electron chi connectivity index (χ1n) is 4.00. The third-order valence-corrected chi connectivity index (χ3v) is 0. The summed E-state index contributed by atoms with van der Waals surface area (Å²) in [4.78, 5) is 0. The van der Waals surface area contributed by atoms with E-state index in [9.17, 15) is 0 Å². The minimum atomic E-state index is 0. The largest absolute Gasteiger partial charge is 0.0683 e. The van der Waals surface area contributed by atoms with Gasteiger partial charge in [-0.05, 0) is 0 Å². The van der Waals surface area contributed by atoms with Crippen molar-refractivity contribution in [1.82, 2.24) is 0 Å². The molecule has 0 N–H and O–H groups in total. The summed E-state index contributed by atoms with van der Waals surface area (Å²) in [6.45, 7) is 16.0. The fourth-order valence-electron chi connectivity index (χ4n) is 0. The van der Waals surface area contributed by atoms with Gasteiger partial charge in [0.15, 0.2) is 0 Å². The Hall–Kier alpha value is 0.922. The third-order valence-electron chi connectivity index (χ3n) is 0. The van der Waals surface area contributed by atoms with Crippen molar-refractivity contribution in [3.05, 3.63) is 0 Å². The Morgan fingerprint density at radius 3 is 0.333 bits per heavy atom. The second-order valence-electron chi connectivity index (χ2n) is 0. The molecule has 0 fully saturated rings. The van der Waals surface area contributed by atoms with Crippen LogP contribution in [0.1, 0.15) is 55.4 Å². The summed E-state index contributed by atoms with van der Waals surface area (Å²) < 4.78 is 0. The second kappa shape index (κ2) is 659. The Morgan fingerprint density at radius 2 is 0.333 bits per heavy atom. The van der Waals surface area contributed by atoms with Crippen LogP contribution >= 0.6 is 0 Å². The van der Waals surface area contributed by atoms with Crippen molar-refractivity contribution in [2.45, 2.75) is 55.4 Å². The van der Waals surface area contributed by atoms with Crippen molar-refractivity contribution >= 4 is 27.3 Å². The first-order chi connectivity index (χ1) is 4.00. The van der Waals surface area contributed by atoms with Gasteiger partial charge < -0.3 is 0 Å². The molecule has 0 saturated heterocycles. The van der Waals surface area contributed by atoms with Gasteiger partial charge in [0.2, 0.25) is 0 Å². The molecule has 4 radical (unpaired) electrons. The van der Waals surface area contributed by atoms with Gasteiger partial charge in [-0.3, -0.25) is 0 Å². The molecule has 60 valence electrons. The van der Waals surface area contributed by atoms with E-state index in [1.807, 2.05) is 55.4 Å². The standard InChI is InChI=1S/4C2H6.Pb/c4*1-2;/h4*1-2H3;. The van der Waals surface area contributed by atoms with Gasteiger partial charge in [0, 0.05) is 27.3 Å². The zero-order chi connectivity index (χ0) is 8.00. The summed E-state index contributed by atoms with van der Waals surface area (Å²) in [5.41, 5.74) is 0. The summed E-state index contributed by atoms with van der Waals surface area (Å²) >= 11 is 0. The van der Waals surface area contributed by atoms with E-state index in [2.05, 4.69) is 0 Å². The summed E-state index contributed by atoms with van der Waals surface area (Å²) in [7, 11) is 0. The van der Waals surface area contributed by atoms with Crippen LogP contribution in [0.5, 0.6) is 0 Å². The smallest absolute Gasteiger partial charge is 0 e. The van der Waals surface area contributed by atoms with E-state index in [1.54, 1.807) is 0 Å². The van der Waals surface area contributed by atoms with E-state index in [1.165, 1.54) is 0 Å². The molecule has 9 heavy (non-hydrogen) atoms. The molecular weight excluding hydrogens is 303 g/mol. The summed E-state index contributed by atoms with van der Waals surface area (Å²) in [6, 6.07) is 0. The van der Waals surface area contributed by atoms with Crippen LogP contribution in [0.2, 0.25) is 0 Å². The quantitative estimate of drug-likeness (QED) is 0.595. The number of rotatable bonds is 0. The molecule has 0 rings (SSSR count). The number of hydrogen-bond donors (Lipinski definition) is 0. The Kier molecular flexibility index (Phi) is 2390. The van der Waals surface area contributed by atoms with Gasteiger partial charge in [-0.25, -0.2) is 0 Å². The molecule has 1 heteroatoms. The molecule has 0 aromatic heterocycles. The first-order valence-corrected chi connectivity index (χ1v) is 4.00. The molecule has 0 saturated carbocycles. The monoisotopic (exact) mass is 328 g/mol. The Morgan fingerprint density at radius 1 is 0.333 bits per heavy atom. The molecule has 0 aliphatic heterocycles. The van der Waals surface area contributed by atoms with Gasteiger partial charge >= 0.3 is 0 Å². The van der Waals surface area contributed by atoms with Gasteiger partial charge in [-0.1, -0.05) is 55.4 Å². The molecule has 0 nitrogen and oxygen atoms in total. The molecule has 0 heterocycles. The zero-order valence-corrected chi connectivity index (χ0v) is 12.4. The van der Waals surface area contributed by atoms with Crippen molar-refractivity contribution in [3.8, 4) is 0 Å². The van der Waals surface area contributed by atoms with Crippen molar-refractivity contribution < 1.29 is 0 Å². The summed E-state index contributed by atoms with van der Waals surface area (Å²) in [5, 5.41) is 0. The average molecular weight is 327 g/mol. The van der Waals surface area contributed by atoms with Crippen molar-refractivity contribution in [1.29, 1.82) is 0 Å². The average Bonchev–Trinajstić information content (AvgIpc) is 2.03. The summed E-state index contributed by atoms with van der Waals surface area (Å²) in [6.07, 6.45) is 0. The van der Waals surface area contributed by atoms with Crippen LogP contribution in [0, 0.1) is 0 Å². The normalized spacial score (nSPS) is 2.67. The van der Waals surface area contributed by atoms with Crippen LogP contribution in [0.4, 0.5) is 0 Å². The van der Waals surface area contributed by atoms with Crippen LogP contribution < -0.4 is 0 Å². The van der Waals surface area contributed by atoms with Gasteiger partial charge in [-0.15, -0.1) is 0 Å². The topological polar surface area (TPSA) is 0 Å². The molecule has 0 bridgehead atoms. The maximum Gasteiger partial charge on any atom is 0 e. The van der Waals surface area contributed by atoms with Crippen molar-refractivity contribution in [2.24, 2.45) is 0 Å². The van der Waals surface area contributed by atoms with Crippen LogP contribution in [-0.4, -0.2) is 27.3 Å². The fraction of sp³-hybridized carbons (Fsp3) is 1.00. The molecule has 0 aromatic carbocycles. The molecule has 0 unspecified atom stereocenters.